The van der Waals surface area contributed by atoms with E-state index in [1.807, 2.05) is 37.3 Å². The Balaban J connectivity index is 2.96. The number of nitrogens with zero attached hydrogens (tertiary/aromatic N) is 1. The van der Waals surface area contributed by atoms with Crippen molar-refractivity contribution in [3.63, 3.8) is 0 Å². The Kier molecular flexibility index (Phi) is 9.21. The van der Waals surface area contributed by atoms with Crippen molar-refractivity contribution in [3.8, 4) is 0 Å². The van der Waals surface area contributed by atoms with Gasteiger partial charge in [-0.3, -0.25) is 9.59 Å². The van der Waals surface area contributed by atoms with Gasteiger partial charge in [-0.2, -0.15) is 0 Å². The second kappa shape index (κ2) is 10.9. The predicted octanol–water partition coefficient (Wildman–Crippen LogP) is 3.17. The zero-order chi connectivity index (χ0) is 18.7. The number of hydrogen-bond acceptors (Lipinski definition) is 5. The van der Waals surface area contributed by atoms with Crippen LogP contribution in [0, 0.1) is 0 Å². The van der Waals surface area contributed by atoms with Crippen molar-refractivity contribution in [3.05, 3.63) is 35.9 Å². The third-order valence-electron chi connectivity index (χ3n) is 4.61. The number of rotatable bonds is 11. The molecular weight excluding hydrogens is 318 g/mol. The summed E-state index contributed by atoms with van der Waals surface area (Å²) in [7, 11) is 0. The predicted molar refractivity (Wildman–Crippen MR) is 98.4 cm³/mol. The summed E-state index contributed by atoms with van der Waals surface area (Å²) in [6, 6.07) is 9.37. The van der Waals surface area contributed by atoms with Crippen LogP contribution in [0.15, 0.2) is 30.3 Å². The van der Waals surface area contributed by atoms with Crippen LogP contribution in [-0.2, 0) is 24.5 Å². The summed E-state index contributed by atoms with van der Waals surface area (Å²) >= 11 is 0. The molecule has 5 heteroatoms. The molecule has 0 aromatic heterocycles. The molecule has 0 amide bonds. The Morgan fingerprint density at radius 3 is 2.16 bits per heavy atom. The third-order valence-corrected chi connectivity index (χ3v) is 4.61. The maximum Gasteiger partial charge on any atom is 0.317 e. The van der Waals surface area contributed by atoms with Crippen LogP contribution in [0.3, 0.4) is 0 Å². The molecule has 140 valence electrons. The normalized spacial score (nSPS) is 13.3. The van der Waals surface area contributed by atoms with Crippen LogP contribution in [-0.4, -0.2) is 49.7 Å². The molecule has 1 atom stereocenters. The van der Waals surface area contributed by atoms with E-state index in [9.17, 15) is 9.59 Å². The molecule has 25 heavy (non-hydrogen) atoms. The van der Waals surface area contributed by atoms with Crippen LogP contribution in [0.1, 0.15) is 46.1 Å². The molecule has 0 aliphatic carbocycles. The van der Waals surface area contributed by atoms with E-state index < -0.39 is 5.41 Å². The van der Waals surface area contributed by atoms with Gasteiger partial charge in [0.2, 0.25) is 0 Å². The molecule has 0 spiro atoms. The van der Waals surface area contributed by atoms with E-state index in [2.05, 4.69) is 18.7 Å². The van der Waals surface area contributed by atoms with E-state index in [1.54, 1.807) is 6.92 Å². The summed E-state index contributed by atoms with van der Waals surface area (Å²) in [6.07, 6.45) is 0.464. The molecule has 1 aromatic rings. The number of likely N-dealkylation sites (N-methyl/N-ethyl adjacent to an activating group) is 1. The lowest BCUT2D eigenvalue weighted by molar-refractivity contribution is -0.157. The zero-order valence-electron chi connectivity index (χ0n) is 15.9. The van der Waals surface area contributed by atoms with Crippen molar-refractivity contribution < 1.29 is 19.1 Å². The summed E-state index contributed by atoms with van der Waals surface area (Å²) in [6.45, 7) is 10.9. The molecule has 1 rings (SSSR count). The van der Waals surface area contributed by atoms with Crippen molar-refractivity contribution in [1.29, 1.82) is 0 Å². The van der Waals surface area contributed by atoms with Gasteiger partial charge in [-0.15, -0.1) is 0 Å². The largest absolute Gasteiger partial charge is 0.466 e. The van der Waals surface area contributed by atoms with Gasteiger partial charge in [-0.1, -0.05) is 51.1 Å². The Morgan fingerprint density at radius 1 is 1.00 bits per heavy atom. The van der Waals surface area contributed by atoms with E-state index in [4.69, 9.17) is 9.47 Å². The minimum Gasteiger partial charge on any atom is -0.466 e. The summed E-state index contributed by atoms with van der Waals surface area (Å²) < 4.78 is 10.7. The quantitative estimate of drug-likeness (QED) is 0.574. The number of carbonyl (C=O) groups excluding carboxylic acids is 2. The van der Waals surface area contributed by atoms with Crippen LogP contribution in [0.25, 0.3) is 0 Å². The highest BCUT2D eigenvalue weighted by Crippen LogP contribution is 2.34. The van der Waals surface area contributed by atoms with Gasteiger partial charge in [0.05, 0.1) is 13.0 Å². The van der Waals surface area contributed by atoms with Gasteiger partial charge < -0.3 is 14.4 Å². The van der Waals surface area contributed by atoms with Crippen molar-refractivity contribution in [2.24, 2.45) is 0 Å². The lowest BCUT2D eigenvalue weighted by Gasteiger charge is -2.30. The van der Waals surface area contributed by atoms with Gasteiger partial charge in [0.15, 0.2) is 0 Å². The molecule has 0 bridgehead atoms. The fraction of sp³-hybridized carbons (Fsp3) is 0.600. The highest BCUT2D eigenvalue weighted by Gasteiger charge is 2.42. The van der Waals surface area contributed by atoms with Gasteiger partial charge in [-0.25, -0.2) is 0 Å². The standard InChI is InChI=1S/C20H31NO4/c1-5-20(16-18(22)24-8-4,17-12-10-9-11-13-17)19(23)25-15-14-21(6-2)7-3/h9-13H,5-8,14-16H2,1-4H3. The minimum atomic E-state index is -1.00. The Morgan fingerprint density at radius 2 is 1.64 bits per heavy atom. The smallest absolute Gasteiger partial charge is 0.317 e. The maximum atomic E-state index is 12.9. The van der Waals surface area contributed by atoms with Crippen molar-refractivity contribution >= 4 is 11.9 Å². The SMILES string of the molecule is CCOC(=O)CC(CC)(C(=O)OCCN(CC)CC)c1ccccc1. The average molecular weight is 349 g/mol. The first kappa shape index (κ1) is 21.2. The van der Waals surface area contributed by atoms with Gasteiger partial charge >= 0.3 is 11.9 Å². The Bertz CT molecular complexity index is 528. The second-order valence-corrected chi connectivity index (χ2v) is 5.95. The van der Waals surface area contributed by atoms with Crippen molar-refractivity contribution in [1.82, 2.24) is 4.90 Å². The van der Waals surface area contributed by atoms with E-state index in [0.717, 1.165) is 18.7 Å². The first-order valence-corrected chi connectivity index (χ1v) is 9.14. The highest BCUT2D eigenvalue weighted by molar-refractivity contribution is 5.88. The van der Waals surface area contributed by atoms with Gasteiger partial charge in [0.25, 0.3) is 0 Å². The number of esters is 2. The van der Waals surface area contributed by atoms with E-state index in [-0.39, 0.29) is 18.4 Å². The van der Waals surface area contributed by atoms with Gasteiger partial charge in [0, 0.05) is 6.54 Å². The molecule has 0 heterocycles. The van der Waals surface area contributed by atoms with Crippen LogP contribution in [0.5, 0.6) is 0 Å². The third kappa shape index (κ3) is 5.85. The summed E-state index contributed by atoms with van der Waals surface area (Å²) in [4.78, 5) is 27.3. The highest BCUT2D eigenvalue weighted by atomic mass is 16.5. The van der Waals surface area contributed by atoms with E-state index >= 15 is 0 Å². The summed E-state index contributed by atoms with van der Waals surface area (Å²) in [5.74, 6) is -0.740. The van der Waals surface area contributed by atoms with Gasteiger partial charge in [0.1, 0.15) is 12.0 Å². The molecule has 0 saturated carbocycles. The van der Waals surface area contributed by atoms with Crippen molar-refractivity contribution in [2.75, 3.05) is 32.8 Å². The first-order chi connectivity index (χ1) is 12.0. The number of ether oxygens (including phenoxy) is 2. The molecule has 1 aromatic carbocycles. The van der Waals surface area contributed by atoms with Crippen LogP contribution < -0.4 is 0 Å². The number of benzene rings is 1. The fourth-order valence-electron chi connectivity index (χ4n) is 2.93. The molecule has 0 N–H and O–H groups in total. The molecule has 0 aliphatic heterocycles. The number of hydrogen-bond donors (Lipinski definition) is 0. The van der Waals surface area contributed by atoms with E-state index in [0.29, 0.717) is 26.2 Å². The molecule has 0 saturated heterocycles. The Labute approximate surface area is 151 Å². The minimum absolute atomic E-state index is 0.00848. The molecule has 5 nitrogen and oxygen atoms in total. The molecule has 1 unspecified atom stereocenters. The topological polar surface area (TPSA) is 55.8 Å². The summed E-state index contributed by atoms with van der Waals surface area (Å²) in [5.41, 5.74) is -0.213. The number of carbonyl (C=O) groups is 2. The lowest BCUT2D eigenvalue weighted by atomic mass is 9.75. The van der Waals surface area contributed by atoms with Crippen LogP contribution in [0.4, 0.5) is 0 Å². The van der Waals surface area contributed by atoms with Crippen molar-refractivity contribution in [2.45, 2.75) is 46.0 Å². The first-order valence-electron chi connectivity index (χ1n) is 9.14. The average Bonchev–Trinajstić information content (AvgIpc) is 2.64. The fourth-order valence-corrected chi connectivity index (χ4v) is 2.93. The molecule has 0 fully saturated rings. The monoisotopic (exact) mass is 349 g/mol. The maximum absolute atomic E-state index is 12.9. The molecule has 0 aliphatic rings. The zero-order valence-corrected chi connectivity index (χ0v) is 15.9. The van der Waals surface area contributed by atoms with E-state index in [1.165, 1.54) is 0 Å². The lowest BCUT2D eigenvalue weighted by Crippen LogP contribution is -2.41. The Hall–Kier alpha value is -1.88. The summed E-state index contributed by atoms with van der Waals surface area (Å²) in [5, 5.41) is 0. The molecule has 0 radical (unpaired) electrons. The molecular formula is C20H31NO4. The van der Waals surface area contributed by atoms with Crippen LogP contribution in [0.2, 0.25) is 0 Å². The second-order valence-electron chi connectivity index (χ2n) is 5.95. The van der Waals surface area contributed by atoms with Gasteiger partial charge in [-0.05, 0) is 32.0 Å². The van der Waals surface area contributed by atoms with Crippen LogP contribution >= 0.6 is 0 Å².